The number of rotatable bonds is 6. The molecule has 0 fully saturated rings. The second kappa shape index (κ2) is 8.35. The maximum atomic E-state index is 12.4. The minimum Gasteiger partial charge on any atom is -0.355 e. The average molecular weight is 384 g/mol. The van der Waals surface area contributed by atoms with Gasteiger partial charge in [-0.1, -0.05) is 37.3 Å². The number of pyridine rings is 2. The van der Waals surface area contributed by atoms with Gasteiger partial charge in [-0.25, -0.2) is 0 Å². The Bertz CT molecular complexity index is 1060. The SMILES string of the molecule is Cc1cc(C2=NCc3cc(CC(=O)NCC(C)c4ccccc4)ncc32)ccn1. The van der Waals surface area contributed by atoms with Crippen LogP contribution in [-0.4, -0.2) is 28.1 Å². The molecule has 3 heterocycles. The first kappa shape index (κ1) is 19.0. The summed E-state index contributed by atoms with van der Waals surface area (Å²) in [6.45, 7) is 5.32. The highest BCUT2D eigenvalue weighted by Gasteiger charge is 2.19. The normalized spacial score (nSPS) is 13.5. The van der Waals surface area contributed by atoms with Gasteiger partial charge in [-0.2, -0.15) is 0 Å². The van der Waals surface area contributed by atoms with Gasteiger partial charge in [0.25, 0.3) is 0 Å². The molecular formula is C24H24N4O. The first-order valence-electron chi connectivity index (χ1n) is 9.87. The van der Waals surface area contributed by atoms with Crippen LogP contribution in [0.4, 0.5) is 0 Å². The highest BCUT2D eigenvalue weighted by Crippen LogP contribution is 2.23. The fraction of sp³-hybridized carbons (Fsp3) is 0.250. The van der Waals surface area contributed by atoms with Crippen molar-refractivity contribution in [1.29, 1.82) is 0 Å². The van der Waals surface area contributed by atoms with Crippen LogP contribution in [0.15, 0.2) is 65.9 Å². The van der Waals surface area contributed by atoms with Crippen molar-refractivity contribution in [2.45, 2.75) is 32.7 Å². The summed E-state index contributed by atoms with van der Waals surface area (Å²) in [7, 11) is 0. The van der Waals surface area contributed by atoms with Gasteiger partial charge in [-0.15, -0.1) is 0 Å². The van der Waals surface area contributed by atoms with Crippen LogP contribution >= 0.6 is 0 Å². The standard InChI is InChI=1S/C24H24N4O/c1-16(18-6-4-3-5-7-18)13-27-23(29)12-21-11-20-14-28-24(22(20)15-26-21)19-8-9-25-17(2)10-19/h3-11,15-16H,12-14H2,1-2H3,(H,27,29). The summed E-state index contributed by atoms with van der Waals surface area (Å²) in [6, 6.07) is 16.2. The molecule has 1 aliphatic heterocycles. The molecule has 1 unspecified atom stereocenters. The molecule has 0 bridgehead atoms. The number of aromatic nitrogens is 2. The van der Waals surface area contributed by atoms with Gasteiger partial charge in [-0.05, 0) is 42.2 Å². The number of nitrogens with one attached hydrogen (secondary N) is 1. The monoisotopic (exact) mass is 384 g/mol. The molecule has 0 spiro atoms. The van der Waals surface area contributed by atoms with Gasteiger partial charge in [0, 0.05) is 35.8 Å². The summed E-state index contributed by atoms with van der Waals surface area (Å²) in [6.07, 6.45) is 3.92. The van der Waals surface area contributed by atoms with Gasteiger partial charge in [-0.3, -0.25) is 19.8 Å². The zero-order valence-electron chi connectivity index (χ0n) is 16.7. The average Bonchev–Trinajstić information content (AvgIpc) is 3.16. The van der Waals surface area contributed by atoms with E-state index < -0.39 is 0 Å². The summed E-state index contributed by atoms with van der Waals surface area (Å²) >= 11 is 0. The predicted molar refractivity (Wildman–Crippen MR) is 114 cm³/mol. The Morgan fingerprint density at radius 1 is 1.14 bits per heavy atom. The number of carbonyl (C=O) groups excluding carboxylic acids is 1. The Balaban J connectivity index is 1.38. The molecule has 3 aromatic rings. The maximum absolute atomic E-state index is 12.4. The van der Waals surface area contributed by atoms with E-state index in [2.05, 4.69) is 39.3 Å². The number of amides is 1. The smallest absolute Gasteiger partial charge is 0.226 e. The highest BCUT2D eigenvalue weighted by atomic mass is 16.1. The summed E-state index contributed by atoms with van der Waals surface area (Å²) in [5, 5.41) is 3.02. The number of aryl methyl sites for hydroxylation is 1. The van der Waals surface area contributed by atoms with E-state index in [1.165, 1.54) is 5.56 Å². The van der Waals surface area contributed by atoms with Crippen LogP contribution in [0, 0.1) is 6.92 Å². The minimum atomic E-state index is -0.0101. The van der Waals surface area contributed by atoms with E-state index in [4.69, 9.17) is 0 Å². The van der Waals surface area contributed by atoms with Crippen LogP contribution in [-0.2, 0) is 17.8 Å². The fourth-order valence-electron chi connectivity index (χ4n) is 3.57. The third-order valence-corrected chi connectivity index (χ3v) is 5.19. The van der Waals surface area contributed by atoms with Crippen molar-refractivity contribution in [1.82, 2.24) is 15.3 Å². The molecular weight excluding hydrogens is 360 g/mol. The summed E-state index contributed by atoms with van der Waals surface area (Å²) in [4.78, 5) is 25.8. The minimum absolute atomic E-state index is 0.0101. The molecule has 1 aliphatic rings. The Hall–Kier alpha value is -3.34. The molecule has 1 atom stereocenters. The molecule has 1 N–H and O–H groups in total. The van der Waals surface area contributed by atoms with E-state index in [1.807, 2.05) is 49.5 Å². The Morgan fingerprint density at radius 3 is 2.76 bits per heavy atom. The lowest BCUT2D eigenvalue weighted by Gasteiger charge is -2.13. The molecule has 0 radical (unpaired) electrons. The van der Waals surface area contributed by atoms with Gasteiger partial charge < -0.3 is 5.32 Å². The quantitative estimate of drug-likeness (QED) is 0.706. The van der Waals surface area contributed by atoms with Crippen molar-refractivity contribution >= 4 is 11.6 Å². The molecule has 0 aliphatic carbocycles. The largest absolute Gasteiger partial charge is 0.355 e. The topological polar surface area (TPSA) is 67.2 Å². The van der Waals surface area contributed by atoms with Gasteiger partial charge in [0.1, 0.15) is 0 Å². The van der Waals surface area contributed by atoms with Gasteiger partial charge >= 0.3 is 0 Å². The third kappa shape index (κ3) is 4.40. The van der Waals surface area contributed by atoms with Crippen LogP contribution < -0.4 is 5.32 Å². The van der Waals surface area contributed by atoms with Crippen molar-refractivity contribution < 1.29 is 4.79 Å². The van der Waals surface area contributed by atoms with Crippen molar-refractivity contribution in [3.8, 4) is 0 Å². The number of carbonyl (C=O) groups is 1. The molecule has 4 rings (SSSR count). The molecule has 0 saturated heterocycles. The van der Waals surface area contributed by atoms with Gasteiger partial charge in [0.05, 0.1) is 24.4 Å². The van der Waals surface area contributed by atoms with Crippen molar-refractivity contribution in [3.63, 3.8) is 0 Å². The Morgan fingerprint density at radius 2 is 1.97 bits per heavy atom. The second-order valence-corrected chi connectivity index (χ2v) is 7.48. The first-order chi connectivity index (χ1) is 14.1. The van der Waals surface area contributed by atoms with E-state index in [0.29, 0.717) is 13.1 Å². The van der Waals surface area contributed by atoms with E-state index >= 15 is 0 Å². The number of benzene rings is 1. The Kier molecular flexibility index (Phi) is 5.47. The lowest BCUT2D eigenvalue weighted by molar-refractivity contribution is -0.120. The van der Waals surface area contributed by atoms with E-state index in [9.17, 15) is 4.79 Å². The van der Waals surface area contributed by atoms with Gasteiger partial charge in [0.2, 0.25) is 5.91 Å². The van der Waals surface area contributed by atoms with E-state index in [0.717, 1.165) is 33.8 Å². The first-order valence-corrected chi connectivity index (χ1v) is 9.87. The molecule has 5 nitrogen and oxygen atoms in total. The maximum Gasteiger partial charge on any atom is 0.226 e. The van der Waals surface area contributed by atoms with Crippen LogP contribution in [0.2, 0.25) is 0 Å². The van der Waals surface area contributed by atoms with E-state index in [-0.39, 0.29) is 18.2 Å². The van der Waals surface area contributed by atoms with Crippen molar-refractivity contribution in [2.24, 2.45) is 4.99 Å². The van der Waals surface area contributed by atoms with Crippen LogP contribution in [0.1, 0.15) is 46.5 Å². The lowest BCUT2D eigenvalue weighted by Crippen LogP contribution is -2.29. The zero-order valence-corrected chi connectivity index (χ0v) is 16.7. The van der Waals surface area contributed by atoms with Crippen LogP contribution in [0.3, 0.4) is 0 Å². The number of hydrogen-bond acceptors (Lipinski definition) is 4. The number of fused-ring (bicyclic) bond motifs is 1. The zero-order chi connectivity index (χ0) is 20.2. The second-order valence-electron chi connectivity index (χ2n) is 7.48. The summed E-state index contributed by atoms with van der Waals surface area (Å²) < 4.78 is 0. The molecule has 0 saturated carbocycles. The fourth-order valence-corrected chi connectivity index (χ4v) is 3.57. The third-order valence-electron chi connectivity index (χ3n) is 5.19. The van der Waals surface area contributed by atoms with E-state index in [1.54, 1.807) is 6.20 Å². The van der Waals surface area contributed by atoms with Crippen molar-refractivity contribution in [3.05, 3.63) is 94.6 Å². The molecule has 5 heteroatoms. The molecule has 29 heavy (non-hydrogen) atoms. The highest BCUT2D eigenvalue weighted by molar-refractivity contribution is 6.15. The lowest BCUT2D eigenvalue weighted by atomic mass is 10.0. The molecule has 2 aromatic heterocycles. The van der Waals surface area contributed by atoms with Crippen LogP contribution in [0.25, 0.3) is 0 Å². The summed E-state index contributed by atoms with van der Waals surface area (Å²) in [5.74, 6) is 0.261. The molecule has 1 amide bonds. The number of aliphatic imine (C=N–C) groups is 1. The number of nitrogens with zero attached hydrogens (tertiary/aromatic N) is 3. The van der Waals surface area contributed by atoms with Gasteiger partial charge in [0.15, 0.2) is 0 Å². The number of hydrogen-bond donors (Lipinski definition) is 1. The molecule has 1 aromatic carbocycles. The van der Waals surface area contributed by atoms with Crippen LogP contribution in [0.5, 0.6) is 0 Å². The predicted octanol–water partition coefficient (Wildman–Crippen LogP) is 3.60. The Labute approximate surface area is 171 Å². The van der Waals surface area contributed by atoms with Crippen molar-refractivity contribution in [2.75, 3.05) is 6.54 Å². The summed E-state index contributed by atoms with van der Waals surface area (Å²) in [5.41, 5.74) is 7.12. The molecule has 146 valence electrons.